The zero-order valence-electron chi connectivity index (χ0n) is 15.7. The summed E-state index contributed by atoms with van der Waals surface area (Å²) in [6.07, 6.45) is 0.0190. The molecular formula is C19H24F3N3OS2. The van der Waals surface area contributed by atoms with Gasteiger partial charge in [0.2, 0.25) is 5.60 Å². The van der Waals surface area contributed by atoms with Crippen molar-refractivity contribution < 1.29 is 18.3 Å². The van der Waals surface area contributed by atoms with Gasteiger partial charge >= 0.3 is 6.18 Å². The van der Waals surface area contributed by atoms with E-state index in [0.29, 0.717) is 5.92 Å². The van der Waals surface area contributed by atoms with Crippen LogP contribution in [0.25, 0.3) is 10.1 Å². The number of alkyl halides is 3. The zero-order chi connectivity index (χ0) is 20.7. The Balaban J connectivity index is 1.82. The van der Waals surface area contributed by atoms with Gasteiger partial charge in [0.25, 0.3) is 0 Å². The number of hydrazine groups is 1. The first kappa shape index (κ1) is 21.3. The highest BCUT2D eigenvalue weighted by Crippen LogP contribution is 2.50. The zero-order valence-corrected chi connectivity index (χ0v) is 17.3. The molecule has 1 aliphatic rings. The fourth-order valence-electron chi connectivity index (χ4n) is 3.26. The van der Waals surface area contributed by atoms with E-state index in [-0.39, 0.29) is 6.54 Å². The van der Waals surface area contributed by atoms with Gasteiger partial charge in [0, 0.05) is 10.9 Å². The summed E-state index contributed by atoms with van der Waals surface area (Å²) >= 11 is 3.48. The van der Waals surface area contributed by atoms with Crippen LogP contribution >= 0.6 is 23.1 Å². The fourth-order valence-corrected chi connectivity index (χ4v) is 5.44. The Bertz CT molecular complexity index is 892. The predicted octanol–water partition coefficient (Wildman–Crippen LogP) is 4.68. The predicted molar refractivity (Wildman–Crippen MR) is 109 cm³/mol. The molecule has 3 rings (SSSR count). The van der Waals surface area contributed by atoms with Gasteiger partial charge in [-0.2, -0.15) is 13.2 Å². The Hall–Kier alpha value is -1.42. The summed E-state index contributed by atoms with van der Waals surface area (Å²) in [4.78, 5) is 0. The highest BCUT2D eigenvalue weighted by Gasteiger charge is 2.54. The number of aliphatic hydroxyl groups is 1. The normalized spacial score (nSPS) is 17.8. The van der Waals surface area contributed by atoms with Crippen molar-refractivity contribution in [3.63, 3.8) is 0 Å². The van der Waals surface area contributed by atoms with Crippen LogP contribution in [0.2, 0.25) is 0 Å². The van der Waals surface area contributed by atoms with Crippen molar-refractivity contribution in [3.8, 4) is 0 Å². The van der Waals surface area contributed by atoms with E-state index >= 15 is 0 Å². The van der Waals surface area contributed by atoms with Gasteiger partial charge in [-0.25, -0.2) is 5.84 Å². The summed E-state index contributed by atoms with van der Waals surface area (Å²) in [5.74, 6) is 6.51. The van der Waals surface area contributed by atoms with Gasteiger partial charge in [-0.05, 0) is 54.0 Å². The average molecular weight is 432 g/mol. The Labute approximate surface area is 170 Å². The molecule has 1 aromatic heterocycles. The molecule has 0 radical (unpaired) electrons. The van der Waals surface area contributed by atoms with Crippen LogP contribution in [0.5, 0.6) is 0 Å². The van der Waals surface area contributed by atoms with Crippen molar-refractivity contribution in [2.75, 3.05) is 6.26 Å². The van der Waals surface area contributed by atoms with Gasteiger partial charge in [-0.3, -0.25) is 0 Å². The van der Waals surface area contributed by atoms with E-state index in [4.69, 9.17) is 11.6 Å². The highest BCUT2D eigenvalue weighted by atomic mass is 32.2. The van der Waals surface area contributed by atoms with E-state index in [1.165, 1.54) is 34.9 Å². The van der Waals surface area contributed by atoms with E-state index < -0.39 is 23.9 Å². The number of nitrogens with zero attached hydrogens (tertiary/aromatic N) is 1. The Morgan fingerprint density at radius 2 is 2.07 bits per heavy atom. The number of halogens is 3. The largest absolute Gasteiger partial charge is 0.422 e. The average Bonchev–Trinajstić information content (AvgIpc) is 3.39. The summed E-state index contributed by atoms with van der Waals surface area (Å²) in [5.41, 5.74) is 4.02. The van der Waals surface area contributed by atoms with Gasteiger partial charge in [-0.1, -0.05) is 19.1 Å². The molecule has 1 aliphatic carbocycles. The van der Waals surface area contributed by atoms with Crippen LogP contribution < -0.4 is 11.6 Å². The minimum absolute atomic E-state index is 0.180. The lowest BCUT2D eigenvalue weighted by atomic mass is 9.96. The van der Waals surface area contributed by atoms with Crippen LogP contribution in [0.15, 0.2) is 34.3 Å². The van der Waals surface area contributed by atoms with Crippen molar-refractivity contribution in [1.82, 2.24) is 5.01 Å². The van der Waals surface area contributed by atoms with Crippen LogP contribution in [0.4, 0.5) is 13.2 Å². The second-order valence-electron chi connectivity index (χ2n) is 7.08. The third-order valence-electron chi connectivity index (χ3n) is 5.06. The molecule has 1 heterocycles. The van der Waals surface area contributed by atoms with Crippen LogP contribution in [0, 0.1) is 0 Å². The number of hydrogen-bond acceptors (Lipinski definition) is 6. The fraction of sp³-hybridized carbons (Fsp3) is 0.474. The molecule has 0 saturated heterocycles. The Kier molecular flexibility index (Phi) is 5.91. The minimum atomic E-state index is -4.87. The molecule has 1 atom stereocenters. The molecule has 1 saturated carbocycles. The van der Waals surface area contributed by atoms with Crippen LogP contribution in [-0.2, 0) is 6.54 Å². The third-order valence-corrected chi connectivity index (χ3v) is 7.36. The van der Waals surface area contributed by atoms with Crippen molar-refractivity contribution in [1.29, 1.82) is 0 Å². The van der Waals surface area contributed by atoms with Crippen LogP contribution in [0.1, 0.15) is 43.2 Å². The molecule has 0 aliphatic heterocycles. The van der Waals surface area contributed by atoms with Crippen molar-refractivity contribution in [2.24, 2.45) is 11.6 Å². The molecule has 1 unspecified atom stereocenters. The molecule has 0 bridgehead atoms. The van der Waals surface area contributed by atoms with Crippen LogP contribution in [-0.4, -0.2) is 28.1 Å². The lowest BCUT2D eigenvalue weighted by Gasteiger charge is -2.30. The number of benzene rings is 1. The van der Waals surface area contributed by atoms with Crippen molar-refractivity contribution in [2.45, 2.75) is 54.6 Å². The number of thioether (sulfide) groups is 1. The summed E-state index contributed by atoms with van der Waals surface area (Å²) in [6, 6.07) is 6.02. The first-order chi connectivity index (χ1) is 13.1. The van der Waals surface area contributed by atoms with Crippen molar-refractivity contribution in [3.05, 3.63) is 41.2 Å². The van der Waals surface area contributed by atoms with E-state index in [1.807, 2.05) is 12.1 Å². The van der Waals surface area contributed by atoms with E-state index in [9.17, 15) is 18.3 Å². The second-order valence-corrected chi connectivity index (χ2v) is 9.21. The molecule has 154 valence electrons. The smallest absolute Gasteiger partial charge is 0.398 e. The molecule has 0 amide bonds. The quantitative estimate of drug-likeness (QED) is 0.337. The van der Waals surface area contributed by atoms with Gasteiger partial charge in [0.15, 0.2) is 0 Å². The maximum absolute atomic E-state index is 13.1. The molecule has 2 aromatic rings. The first-order valence-corrected chi connectivity index (χ1v) is 11.0. The maximum Gasteiger partial charge on any atom is 0.422 e. The van der Waals surface area contributed by atoms with E-state index in [2.05, 4.69) is 12.3 Å². The highest BCUT2D eigenvalue weighted by molar-refractivity contribution is 8.00. The number of thiophene rings is 1. The van der Waals surface area contributed by atoms with Crippen molar-refractivity contribution >= 4 is 33.2 Å². The summed E-state index contributed by atoms with van der Waals surface area (Å²) < 4.78 is 41.8. The van der Waals surface area contributed by atoms with E-state index in [1.54, 1.807) is 23.1 Å². The van der Waals surface area contributed by atoms with E-state index in [0.717, 1.165) is 21.5 Å². The third kappa shape index (κ3) is 3.98. The number of rotatable bonds is 7. The van der Waals surface area contributed by atoms with Crippen LogP contribution in [0.3, 0.4) is 0 Å². The van der Waals surface area contributed by atoms with Gasteiger partial charge in [-0.15, -0.1) is 23.1 Å². The number of nitrogens with two attached hydrogens (primary N) is 2. The summed E-state index contributed by atoms with van der Waals surface area (Å²) in [5, 5.41) is 12.2. The lowest BCUT2D eigenvalue weighted by Crippen LogP contribution is -2.49. The summed E-state index contributed by atoms with van der Waals surface area (Å²) in [7, 11) is 0. The SMILES string of the molecule is CCC(O)(/C(N)=C/N(N)Cc1ccc2c(C3CC3)c(SC)sc2c1)C(F)(F)F. The molecule has 5 N–H and O–H groups in total. The standard InChI is InChI=1S/C19H24F3N3OS2/c1-3-18(26,19(20,21)22)15(23)10-25(24)9-11-4-7-13-14(8-11)28-17(27-2)16(13)12-5-6-12/h4,7-8,10,12,26H,3,5-6,9,23-24H2,1-2H3/b15-10-. The second kappa shape index (κ2) is 7.78. The molecule has 4 nitrogen and oxygen atoms in total. The molecular weight excluding hydrogens is 407 g/mol. The van der Waals surface area contributed by atoms with Gasteiger partial charge in [0.05, 0.1) is 16.5 Å². The first-order valence-electron chi connectivity index (χ1n) is 8.98. The Morgan fingerprint density at radius 1 is 1.39 bits per heavy atom. The topological polar surface area (TPSA) is 75.5 Å². The molecule has 28 heavy (non-hydrogen) atoms. The molecule has 1 fully saturated rings. The number of fused-ring (bicyclic) bond motifs is 1. The molecule has 9 heteroatoms. The molecule has 1 aromatic carbocycles. The number of hydrogen-bond donors (Lipinski definition) is 3. The monoisotopic (exact) mass is 431 g/mol. The lowest BCUT2D eigenvalue weighted by molar-refractivity contribution is -0.245. The van der Waals surface area contributed by atoms with Gasteiger partial charge < -0.3 is 15.8 Å². The van der Waals surface area contributed by atoms with Gasteiger partial charge in [0.1, 0.15) is 0 Å². The minimum Gasteiger partial charge on any atom is -0.398 e. The Morgan fingerprint density at radius 3 is 2.61 bits per heavy atom. The maximum atomic E-state index is 13.1. The summed E-state index contributed by atoms with van der Waals surface area (Å²) in [6.45, 7) is 1.40. The molecule has 0 spiro atoms.